The lowest BCUT2D eigenvalue weighted by Crippen LogP contribution is -1.95. The third kappa shape index (κ3) is 2.88. The van der Waals surface area contributed by atoms with Crippen molar-refractivity contribution >= 4 is 40.5 Å². The van der Waals surface area contributed by atoms with E-state index in [1.54, 1.807) is 24.3 Å². The standard InChI is InChI=1S/C17H10Cl2O2S/c18-12-5-1-10(2-6-12)14-9-22-16(17(20)21)15(14)11-3-7-13(19)8-4-11/h1-9H,(H,20,21). The normalized spacial score (nSPS) is 10.6. The van der Waals surface area contributed by atoms with E-state index in [0.717, 1.165) is 16.7 Å². The highest BCUT2D eigenvalue weighted by Gasteiger charge is 2.19. The number of hydrogen-bond acceptors (Lipinski definition) is 2. The Balaban J connectivity index is 2.21. The zero-order valence-electron chi connectivity index (χ0n) is 11.2. The van der Waals surface area contributed by atoms with E-state index >= 15 is 0 Å². The Morgan fingerprint density at radius 3 is 1.86 bits per heavy atom. The second-order valence-corrected chi connectivity index (χ2v) is 6.42. The SMILES string of the molecule is O=C(O)c1scc(-c2ccc(Cl)cc2)c1-c1ccc(Cl)cc1. The van der Waals surface area contributed by atoms with Gasteiger partial charge in [-0.3, -0.25) is 0 Å². The molecule has 0 atom stereocenters. The van der Waals surface area contributed by atoms with Crippen LogP contribution < -0.4 is 0 Å². The van der Waals surface area contributed by atoms with Gasteiger partial charge in [0.15, 0.2) is 0 Å². The van der Waals surface area contributed by atoms with E-state index in [9.17, 15) is 9.90 Å². The fourth-order valence-corrected chi connectivity index (χ4v) is 3.45. The molecular weight excluding hydrogens is 339 g/mol. The molecule has 3 aromatic rings. The molecule has 0 bridgehead atoms. The highest BCUT2D eigenvalue weighted by Crippen LogP contribution is 2.40. The summed E-state index contributed by atoms with van der Waals surface area (Å²) in [7, 11) is 0. The molecule has 0 unspecified atom stereocenters. The largest absolute Gasteiger partial charge is 0.477 e. The van der Waals surface area contributed by atoms with Crippen LogP contribution in [-0.4, -0.2) is 11.1 Å². The van der Waals surface area contributed by atoms with Gasteiger partial charge in [0.2, 0.25) is 0 Å². The van der Waals surface area contributed by atoms with Crippen molar-refractivity contribution in [2.24, 2.45) is 0 Å². The van der Waals surface area contributed by atoms with Crippen LogP contribution in [0.5, 0.6) is 0 Å². The number of carboxylic acids is 1. The van der Waals surface area contributed by atoms with Crippen LogP contribution in [-0.2, 0) is 0 Å². The summed E-state index contributed by atoms with van der Waals surface area (Å²) in [6.07, 6.45) is 0. The predicted octanol–water partition coefficient (Wildman–Crippen LogP) is 6.09. The van der Waals surface area contributed by atoms with Crippen LogP contribution >= 0.6 is 34.5 Å². The van der Waals surface area contributed by atoms with Gasteiger partial charge in [-0.2, -0.15) is 0 Å². The van der Waals surface area contributed by atoms with Gasteiger partial charge in [0.1, 0.15) is 4.88 Å². The van der Waals surface area contributed by atoms with Crippen molar-refractivity contribution < 1.29 is 9.90 Å². The minimum atomic E-state index is -0.935. The van der Waals surface area contributed by atoms with Gasteiger partial charge in [0, 0.05) is 26.6 Å². The first-order chi connectivity index (χ1) is 10.6. The zero-order chi connectivity index (χ0) is 15.7. The number of thiophene rings is 1. The average molecular weight is 349 g/mol. The molecule has 0 amide bonds. The Hall–Kier alpha value is -1.81. The van der Waals surface area contributed by atoms with Crippen LogP contribution in [0, 0.1) is 0 Å². The van der Waals surface area contributed by atoms with Crippen molar-refractivity contribution in [3.05, 3.63) is 68.8 Å². The van der Waals surface area contributed by atoms with Crippen LogP contribution in [0.2, 0.25) is 10.0 Å². The molecule has 0 aliphatic carbocycles. The lowest BCUT2D eigenvalue weighted by atomic mass is 9.97. The summed E-state index contributed by atoms with van der Waals surface area (Å²) in [5.74, 6) is -0.935. The smallest absolute Gasteiger partial charge is 0.346 e. The molecule has 1 aromatic heterocycles. The van der Waals surface area contributed by atoms with Crippen LogP contribution in [0.1, 0.15) is 9.67 Å². The molecule has 0 aliphatic heterocycles. The lowest BCUT2D eigenvalue weighted by molar-refractivity contribution is 0.0703. The van der Waals surface area contributed by atoms with Gasteiger partial charge in [-0.05, 0) is 35.4 Å². The Morgan fingerprint density at radius 1 is 0.864 bits per heavy atom. The molecule has 3 rings (SSSR count). The second kappa shape index (κ2) is 6.13. The summed E-state index contributed by atoms with van der Waals surface area (Å²) < 4.78 is 0. The monoisotopic (exact) mass is 348 g/mol. The number of carbonyl (C=O) groups is 1. The first-order valence-corrected chi connectivity index (χ1v) is 8.06. The molecule has 0 spiro atoms. The summed E-state index contributed by atoms with van der Waals surface area (Å²) in [5.41, 5.74) is 3.34. The van der Waals surface area contributed by atoms with E-state index in [1.807, 2.05) is 29.6 Å². The Labute approximate surface area is 141 Å². The van der Waals surface area contributed by atoms with Gasteiger partial charge < -0.3 is 5.11 Å². The van der Waals surface area contributed by atoms with E-state index in [4.69, 9.17) is 23.2 Å². The maximum Gasteiger partial charge on any atom is 0.346 e. The first kappa shape index (κ1) is 15.1. The third-order valence-corrected chi connectivity index (χ3v) is 4.75. The van der Waals surface area contributed by atoms with Crippen LogP contribution in [0.4, 0.5) is 0 Å². The van der Waals surface area contributed by atoms with Crippen LogP contribution in [0.25, 0.3) is 22.3 Å². The molecule has 1 N–H and O–H groups in total. The number of hydrogen-bond donors (Lipinski definition) is 1. The maximum absolute atomic E-state index is 11.5. The molecular formula is C17H10Cl2O2S. The highest BCUT2D eigenvalue weighted by atomic mass is 35.5. The Morgan fingerprint density at radius 2 is 1.36 bits per heavy atom. The van der Waals surface area contributed by atoms with Gasteiger partial charge in [-0.15, -0.1) is 11.3 Å². The third-order valence-electron chi connectivity index (χ3n) is 3.27. The average Bonchev–Trinajstić information content (AvgIpc) is 2.94. The van der Waals surface area contributed by atoms with E-state index in [0.29, 0.717) is 20.5 Å². The zero-order valence-corrected chi connectivity index (χ0v) is 13.5. The summed E-state index contributed by atoms with van der Waals surface area (Å²) in [5, 5.41) is 12.6. The van der Waals surface area contributed by atoms with Gasteiger partial charge in [-0.25, -0.2) is 4.79 Å². The molecule has 5 heteroatoms. The molecule has 0 radical (unpaired) electrons. The summed E-state index contributed by atoms with van der Waals surface area (Å²) in [4.78, 5) is 11.8. The number of benzene rings is 2. The number of halogens is 2. The van der Waals surface area contributed by atoms with Gasteiger partial charge in [0.25, 0.3) is 0 Å². The van der Waals surface area contributed by atoms with Crippen molar-refractivity contribution in [2.45, 2.75) is 0 Å². The molecule has 0 saturated heterocycles. The highest BCUT2D eigenvalue weighted by molar-refractivity contribution is 7.13. The first-order valence-electron chi connectivity index (χ1n) is 6.43. The van der Waals surface area contributed by atoms with Crippen LogP contribution in [0.15, 0.2) is 53.9 Å². The molecule has 2 nitrogen and oxygen atoms in total. The molecule has 1 heterocycles. The number of carboxylic acid groups (broad SMARTS) is 1. The van der Waals surface area contributed by atoms with Crippen molar-refractivity contribution in [1.29, 1.82) is 0 Å². The van der Waals surface area contributed by atoms with Crippen molar-refractivity contribution in [1.82, 2.24) is 0 Å². The molecule has 0 aliphatic rings. The molecule has 0 saturated carbocycles. The minimum Gasteiger partial charge on any atom is -0.477 e. The van der Waals surface area contributed by atoms with Gasteiger partial charge in [0.05, 0.1) is 0 Å². The second-order valence-electron chi connectivity index (χ2n) is 4.67. The van der Waals surface area contributed by atoms with Gasteiger partial charge >= 0.3 is 5.97 Å². The quantitative estimate of drug-likeness (QED) is 0.621. The fraction of sp³-hybridized carbons (Fsp3) is 0. The van der Waals surface area contributed by atoms with E-state index in [-0.39, 0.29) is 0 Å². The van der Waals surface area contributed by atoms with Crippen LogP contribution in [0.3, 0.4) is 0 Å². The summed E-state index contributed by atoms with van der Waals surface area (Å²) >= 11 is 13.1. The predicted molar refractivity (Wildman–Crippen MR) is 92.2 cm³/mol. The maximum atomic E-state index is 11.5. The molecule has 110 valence electrons. The summed E-state index contributed by atoms with van der Waals surface area (Å²) in [6, 6.07) is 14.5. The number of aromatic carboxylic acids is 1. The van der Waals surface area contributed by atoms with Crippen molar-refractivity contribution in [3.63, 3.8) is 0 Å². The molecule has 2 aromatic carbocycles. The minimum absolute atomic E-state index is 0.312. The topological polar surface area (TPSA) is 37.3 Å². The lowest BCUT2D eigenvalue weighted by Gasteiger charge is -2.07. The Kier molecular flexibility index (Phi) is 4.21. The van der Waals surface area contributed by atoms with Gasteiger partial charge in [-0.1, -0.05) is 47.5 Å². The van der Waals surface area contributed by atoms with E-state index in [2.05, 4.69) is 0 Å². The van der Waals surface area contributed by atoms with E-state index < -0.39 is 5.97 Å². The fourth-order valence-electron chi connectivity index (χ4n) is 2.26. The Bertz CT molecular complexity index is 821. The summed E-state index contributed by atoms with van der Waals surface area (Å²) in [6.45, 7) is 0. The van der Waals surface area contributed by atoms with Crippen molar-refractivity contribution in [2.75, 3.05) is 0 Å². The molecule has 0 fully saturated rings. The van der Waals surface area contributed by atoms with Crippen molar-refractivity contribution in [3.8, 4) is 22.3 Å². The molecule has 22 heavy (non-hydrogen) atoms. The van der Waals surface area contributed by atoms with E-state index in [1.165, 1.54) is 11.3 Å². The number of rotatable bonds is 3.